The first kappa shape index (κ1) is 15.8. The first-order valence-electron chi connectivity index (χ1n) is 7.80. The van der Waals surface area contributed by atoms with Crippen LogP contribution in [0.15, 0.2) is 25.0 Å². The van der Waals surface area contributed by atoms with Crippen molar-refractivity contribution in [2.24, 2.45) is 0 Å². The Morgan fingerprint density at radius 1 is 1.57 bits per heavy atom. The van der Waals surface area contributed by atoms with Crippen molar-refractivity contribution < 1.29 is 4.79 Å². The van der Waals surface area contributed by atoms with Crippen LogP contribution in [-0.4, -0.2) is 46.0 Å². The summed E-state index contributed by atoms with van der Waals surface area (Å²) in [6.07, 6.45) is 10.3. The van der Waals surface area contributed by atoms with Gasteiger partial charge in [0.25, 0.3) is 0 Å². The van der Waals surface area contributed by atoms with E-state index in [1.54, 1.807) is 6.08 Å². The summed E-state index contributed by atoms with van der Waals surface area (Å²) in [6, 6.07) is 0.495. The third-order valence-corrected chi connectivity index (χ3v) is 4.17. The van der Waals surface area contributed by atoms with Crippen LogP contribution in [-0.2, 0) is 11.3 Å². The van der Waals surface area contributed by atoms with E-state index in [-0.39, 0.29) is 5.91 Å². The lowest BCUT2D eigenvalue weighted by Gasteiger charge is -2.35. The summed E-state index contributed by atoms with van der Waals surface area (Å²) in [5.74, 6) is 1.15. The number of aryl methyl sites for hydroxylation is 2. The fourth-order valence-corrected chi connectivity index (χ4v) is 2.95. The van der Waals surface area contributed by atoms with Crippen LogP contribution < -0.4 is 5.32 Å². The highest BCUT2D eigenvalue weighted by atomic mass is 16.2. The average molecular weight is 290 g/mol. The summed E-state index contributed by atoms with van der Waals surface area (Å²) in [7, 11) is 0. The van der Waals surface area contributed by atoms with Gasteiger partial charge in [0.05, 0.1) is 6.54 Å². The van der Waals surface area contributed by atoms with Crippen molar-refractivity contribution in [2.75, 3.05) is 19.6 Å². The third-order valence-electron chi connectivity index (χ3n) is 4.17. The van der Waals surface area contributed by atoms with Crippen molar-refractivity contribution in [3.8, 4) is 0 Å². The number of imidazole rings is 1. The number of hydrogen-bond acceptors (Lipinski definition) is 3. The SMILES string of the molecule is C=CCNC(=O)CN1CCCC[C@@H]1CCn1ccnc1C. The molecule has 0 saturated carbocycles. The number of rotatable bonds is 7. The summed E-state index contributed by atoms with van der Waals surface area (Å²) < 4.78 is 2.19. The van der Waals surface area contributed by atoms with E-state index in [2.05, 4.69) is 26.3 Å². The molecule has 1 aromatic heterocycles. The van der Waals surface area contributed by atoms with Gasteiger partial charge >= 0.3 is 0 Å². The predicted molar refractivity (Wildman–Crippen MR) is 84.0 cm³/mol. The zero-order valence-corrected chi connectivity index (χ0v) is 12.9. The van der Waals surface area contributed by atoms with Gasteiger partial charge < -0.3 is 9.88 Å². The second-order valence-electron chi connectivity index (χ2n) is 5.67. The maximum atomic E-state index is 11.9. The molecule has 0 radical (unpaired) electrons. The molecular weight excluding hydrogens is 264 g/mol. The average Bonchev–Trinajstić information content (AvgIpc) is 2.89. The van der Waals surface area contributed by atoms with Crippen molar-refractivity contribution in [3.63, 3.8) is 0 Å². The number of nitrogens with one attached hydrogen (secondary N) is 1. The molecule has 1 atom stereocenters. The van der Waals surface area contributed by atoms with E-state index >= 15 is 0 Å². The van der Waals surface area contributed by atoms with Gasteiger partial charge in [-0.05, 0) is 32.7 Å². The topological polar surface area (TPSA) is 50.2 Å². The highest BCUT2D eigenvalue weighted by molar-refractivity contribution is 5.78. The van der Waals surface area contributed by atoms with Crippen LogP contribution in [0.2, 0.25) is 0 Å². The van der Waals surface area contributed by atoms with E-state index in [0.717, 1.165) is 25.3 Å². The van der Waals surface area contributed by atoms with Crippen LogP contribution in [0.4, 0.5) is 0 Å². The molecule has 2 heterocycles. The minimum Gasteiger partial charge on any atom is -0.352 e. The van der Waals surface area contributed by atoms with Gasteiger partial charge in [-0.15, -0.1) is 6.58 Å². The van der Waals surface area contributed by atoms with Crippen LogP contribution >= 0.6 is 0 Å². The third kappa shape index (κ3) is 4.70. The Bertz CT molecular complexity index is 469. The smallest absolute Gasteiger partial charge is 0.234 e. The summed E-state index contributed by atoms with van der Waals surface area (Å²) in [5, 5.41) is 2.87. The summed E-state index contributed by atoms with van der Waals surface area (Å²) in [4.78, 5) is 18.5. The number of nitrogens with zero attached hydrogens (tertiary/aromatic N) is 3. The zero-order valence-electron chi connectivity index (χ0n) is 12.9. The molecule has 21 heavy (non-hydrogen) atoms. The molecule has 1 N–H and O–H groups in total. The predicted octanol–water partition coefficient (Wildman–Crippen LogP) is 1.74. The van der Waals surface area contributed by atoms with E-state index in [4.69, 9.17) is 0 Å². The molecule has 1 saturated heterocycles. The highest BCUT2D eigenvalue weighted by Crippen LogP contribution is 2.20. The van der Waals surface area contributed by atoms with Gasteiger partial charge in [0.15, 0.2) is 0 Å². The van der Waals surface area contributed by atoms with E-state index in [0.29, 0.717) is 19.1 Å². The Hall–Kier alpha value is -1.62. The quantitative estimate of drug-likeness (QED) is 0.778. The molecule has 1 fully saturated rings. The molecule has 2 rings (SSSR count). The molecule has 5 heteroatoms. The Kier molecular flexibility index (Phi) is 5.99. The van der Waals surface area contributed by atoms with Gasteiger partial charge in [0, 0.05) is 31.5 Å². The molecule has 0 aliphatic carbocycles. The van der Waals surface area contributed by atoms with Crippen LogP contribution in [0, 0.1) is 6.92 Å². The molecule has 0 aromatic carbocycles. The van der Waals surface area contributed by atoms with E-state index in [9.17, 15) is 4.79 Å². The number of carbonyl (C=O) groups excluding carboxylic acids is 1. The van der Waals surface area contributed by atoms with E-state index in [1.165, 1.54) is 19.3 Å². The lowest BCUT2D eigenvalue weighted by atomic mass is 9.99. The van der Waals surface area contributed by atoms with Gasteiger partial charge in [0.2, 0.25) is 5.91 Å². The number of likely N-dealkylation sites (tertiary alicyclic amines) is 1. The van der Waals surface area contributed by atoms with Crippen LogP contribution in [0.25, 0.3) is 0 Å². The highest BCUT2D eigenvalue weighted by Gasteiger charge is 2.23. The molecule has 1 aromatic rings. The van der Waals surface area contributed by atoms with Crippen molar-refractivity contribution in [3.05, 3.63) is 30.9 Å². The Morgan fingerprint density at radius 2 is 2.43 bits per heavy atom. The molecule has 0 unspecified atom stereocenters. The Labute approximate surface area is 127 Å². The molecule has 116 valence electrons. The number of aromatic nitrogens is 2. The summed E-state index contributed by atoms with van der Waals surface area (Å²) >= 11 is 0. The molecule has 1 aliphatic heterocycles. The molecule has 0 bridgehead atoms. The lowest BCUT2D eigenvalue weighted by Crippen LogP contribution is -2.46. The molecule has 5 nitrogen and oxygen atoms in total. The van der Waals surface area contributed by atoms with Crippen LogP contribution in [0.3, 0.4) is 0 Å². The van der Waals surface area contributed by atoms with Gasteiger partial charge in [-0.25, -0.2) is 4.98 Å². The fraction of sp³-hybridized carbons (Fsp3) is 0.625. The number of amides is 1. The largest absolute Gasteiger partial charge is 0.352 e. The lowest BCUT2D eigenvalue weighted by molar-refractivity contribution is -0.123. The molecule has 0 spiro atoms. The van der Waals surface area contributed by atoms with Crippen molar-refractivity contribution in [2.45, 2.75) is 45.2 Å². The second-order valence-corrected chi connectivity index (χ2v) is 5.67. The number of piperidine rings is 1. The molecular formula is C16H26N4O. The molecule has 1 amide bonds. The second kappa shape index (κ2) is 7.98. The van der Waals surface area contributed by atoms with Crippen molar-refractivity contribution in [1.29, 1.82) is 0 Å². The van der Waals surface area contributed by atoms with Gasteiger partial charge in [0.1, 0.15) is 5.82 Å². The minimum absolute atomic E-state index is 0.0978. The standard InChI is InChI=1S/C16H26N4O/c1-3-8-18-16(21)13-20-10-5-4-6-15(20)7-11-19-12-9-17-14(19)2/h3,9,12,15H,1,4-8,10-11,13H2,2H3,(H,18,21)/t15-/m1/s1. The maximum absolute atomic E-state index is 11.9. The number of carbonyl (C=O) groups is 1. The summed E-state index contributed by atoms with van der Waals surface area (Å²) in [5.41, 5.74) is 0. The monoisotopic (exact) mass is 290 g/mol. The normalized spacial score (nSPS) is 19.4. The Balaban J connectivity index is 1.85. The van der Waals surface area contributed by atoms with Crippen molar-refractivity contribution >= 4 is 5.91 Å². The van der Waals surface area contributed by atoms with Gasteiger partial charge in [-0.2, -0.15) is 0 Å². The maximum Gasteiger partial charge on any atom is 0.234 e. The Morgan fingerprint density at radius 3 is 3.14 bits per heavy atom. The van der Waals surface area contributed by atoms with Crippen LogP contribution in [0.5, 0.6) is 0 Å². The van der Waals surface area contributed by atoms with Gasteiger partial charge in [-0.1, -0.05) is 12.5 Å². The van der Waals surface area contributed by atoms with Gasteiger partial charge in [-0.3, -0.25) is 9.69 Å². The van der Waals surface area contributed by atoms with Crippen LogP contribution in [0.1, 0.15) is 31.5 Å². The van der Waals surface area contributed by atoms with E-state index in [1.807, 2.05) is 19.3 Å². The number of hydrogen-bond donors (Lipinski definition) is 1. The summed E-state index contributed by atoms with van der Waals surface area (Å²) in [6.45, 7) is 8.70. The minimum atomic E-state index is 0.0978. The fourth-order valence-electron chi connectivity index (χ4n) is 2.95. The zero-order chi connectivity index (χ0) is 15.1. The first-order valence-corrected chi connectivity index (χ1v) is 7.80. The first-order chi connectivity index (χ1) is 10.2. The van der Waals surface area contributed by atoms with Crippen molar-refractivity contribution in [1.82, 2.24) is 19.8 Å². The van der Waals surface area contributed by atoms with E-state index < -0.39 is 0 Å². The molecule has 1 aliphatic rings.